The molecule has 0 aliphatic carbocycles. The minimum absolute atomic E-state index is 0.0227. The first kappa shape index (κ1) is 21.6. The van der Waals surface area contributed by atoms with Crippen molar-refractivity contribution in [1.82, 2.24) is 14.7 Å². The van der Waals surface area contributed by atoms with E-state index in [9.17, 15) is 14.0 Å². The van der Waals surface area contributed by atoms with Gasteiger partial charge in [0, 0.05) is 56.8 Å². The Kier molecular flexibility index (Phi) is 5.84. The standard InChI is InChI=1S/C24H33FN4O3/c1-18(30)29-17-24(21-16-19(25)2-3-22(21)29)6-10-26(11-7-24)20-4-8-27(9-5-20)23(31)28-12-14-32-15-13-28/h2-3,16,20H,4-15,17H2,1H3. The molecule has 3 fully saturated rings. The van der Waals surface area contributed by atoms with Gasteiger partial charge in [0.2, 0.25) is 5.91 Å². The zero-order chi connectivity index (χ0) is 22.3. The van der Waals surface area contributed by atoms with Crippen molar-refractivity contribution in [1.29, 1.82) is 0 Å². The van der Waals surface area contributed by atoms with Gasteiger partial charge in [0.15, 0.2) is 0 Å². The molecular formula is C24H33FN4O3. The van der Waals surface area contributed by atoms with E-state index in [1.54, 1.807) is 19.1 Å². The molecule has 0 atom stereocenters. The molecule has 0 unspecified atom stereocenters. The van der Waals surface area contributed by atoms with Gasteiger partial charge in [0.05, 0.1) is 13.2 Å². The summed E-state index contributed by atoms with van der Waals surface area (Å²) in [5.41, 5.74) is 1.73. The number of carbonyl (C=O) groups is 2. The molecule has 7 nitrogen and oxygen atoms in total. The van der Waals surface area contributed by atoms with E-state index in [0.29, 0.717) is 38.9 Å². The highest BCUT2D eigenvalue weighted by Crippen LogP contribution is 2.47. The zero-order valence-corrected chi connectivity index (χ0v) is 18.9. The third kappa shape index (κ3) is 3.88. The van der Waals surface area contributed by atoms with Crippen molar-refractivity contribution >= 4 is 17.6 Å². The molecule has 5 rings (SSSR count). The highest BCUT2D eigenvalue weighted by atomic mass is 19.1. The van der Waals surface area contributed by atoms with E-state index in [1.807, 2.05) is 14.7 Å². The Balaban J connectivity index is 1.19. The van der Waals surface area contributed by atoms with Crippen LogP contribution in [0.2, 0.25) is 0 Å². The minimum Gasteiger partial charge on any atom is -0.378 e. The summed E-state index contributed by atoms with van der Waals surface area (Å²) in [5, 5.41) is 0. The Morgan fingerprint density at radius 1 is 1.00 bits per heavy atom. The quantitative estimate of drug-likeness (QED) is 0.668. The minimum atomic E-state index is -0.228. The Morgan fingerprint density at radius 3 is 2.31 bits per heavy atom. The van der Waals surface area contributed by atoms with Gasteiger partial charge in [0.25, 0.3) is 0 Å². The number of carbonyl (C=O) groups excluding carboxylic acids is 2. The van der Waals surface area contributed by atoms with Crippen molar-refractivity contribution in [2.24, 2.45) is 0 Å². The molecule has 4 aliphatic rings. The second-order valence-electron chi connectivity index (χ2n) is 9.68. The second-order valence-corrected chi connectivity index (χ2v) is 9.68. The lowest BCUT2D eigenvalue weighted by atomic mass is 9.74. The van der Waals surface area contributed by atoms with Crippen molar-refractivity contribution in [2.75, 3.05) is 63.9 Å². The smallest absolute Gasteiger partial charge is 0.320 e. The number of halogens is 1. The largest absolute Gasteiger partial charge is 0.378 e. The molecule has 32 heavy (non-hydrogen) atoms. The number of anilines is 1. The van der Waals surface area contributed by atoms with Gasteiger partial charge < -0.3 is 24.3 Å². The third-order valence-corrected chi connectivity index (χ3v) is 7.95. The predicted octanol–water partition coefficient (Wildman–Crippen LogP) is 2.44. The van der Waals surface area contributed by atoms with Crippen molar-refractivity contribution in [3.63, 3.8) is 0 Å². The molecule has 1 aromatic carbocycles. The topological polar surface area (TPSA) is 56.3 Å². The molecule has 0 aromatic heterocycles. The maximum Gasteiger partial charge on any atom is 0.320 e. The average molecular weight is 445 g/mol. The number of morpholine rings is 1. The van der Waals surface area contributed by atoms with Crippen molar-refractivity contribution in [3.05, 3.63) is 29.6 Å². The summed E-state index contributed by atoms with van der Waals surface area (Å²) in [5.74, 6) is -0.206. The van der Waals surface area contributed by atoms with Crippen LogP contribution in [-0.4, -0.2) is 91.7 Å². The van der Waals surface area contributed by atoms with E-state index >= 15 is 0 Å². The van der Waals surface area contributed by atoms with E-state index in [0.717, 1.165) is 63.1 Å². The fourth-order valence-electron chi connectivity index (χ4n) is 6.04. The summed E-state index contributed by atoms with van der Waals surface area (Å²) >= 11 is 0. The highest BCUT2D eigenvalue weighted by molar-refractivity contribution is 5.94. The summed E-state index contributed by atoms with van der Waals surface area (Å²) in [6.07, 6.45) is 3.85. The van der Waals surface area contributed by atoms with Crippen LogP contribution >= 0.6 is 0 Å². The van der Waals surface area contributed by atoms with E-state index in [-0.39, 0.29) is 23.2 Å². The summed E-state index contributed by atoms with van der Waals surface area (Å²) in [6, 6.07) is 5.49. The molecule has 1 spiro atoms. The third-order valence-electron chi connectivity index (χ3n) is 7.95. The number of benzene rings is 1. The van der Waals surface area contributed by atoms with Gasteiger partial charge in [-0.05, 0) is 62.5 Å². The summed E-state index contributed by atoms with van der Waals surface area (Å²) < 4.78 is 19.4. The lowest BCUT2D eigenvalue weighted by Gasteiger charge is -2.45. The van der Waals surface area contributed by atoms with Crippen LogP contribution in [0.1, 0.15) is 38.2 Å². The van der Waals surface area contributed by atoms with Crippen LogP contribution in [0.4, 0.5) is 14.9 Å². The molecule has 0 radical (unpaired) electrons. The molecule has 4 aliphatic heterocycles. The number of amides is 3. The number of hydrogen-bond acceptors (Lipinski definition) is 4. The number of nitrogens with zero attached hydrogens (tertiary/aromatic N) is 4. The Hall–Kier alpha value is -2.19. The van der Waals surface area contributed by atoms with E-state index < -0.39 is 0 Å². The first-order chi connectivity index (χ1) is 15.5. The number of piperidine rings is 2. The maximum absolute atomic E-state index is 14.1. The molecule has 0 saturated carbocycles. The lowest BCUT2D eigenvalue weighted by Crippen LogP contribution is -2.55. The van der Waals surface area contributed by atoms with Gasteiger partial charge in [-0.1, -0.05) is 0 Å². The van der Waals surface area contributed by atoms with Gasteiger partial charge in [-0.3, -0.25) is 4.79 Å². The van der Waals surface area contributed by atoms with Gasteiger partial charge in [-0.25, -0.2) is 9.18 Å². The summed E-state index contributed by atoms with van der Waals surface area (Å²) in [4.78, 5) is 33.2. The second kappa shape index (κ2) is 8.63. The fourth-order valence-corrected chi connectivity index (χ4v) is 6.04. The van der Waals surface area contributed by atoms with Crippen LogP contribution in [0, 0.1) is 5.82 Å². The molecule has 8 heteroatoms. The Morgan fingerprint density at radius 2 is 1.66 bits per heavy atom. The van der Waals surface area contributed by atoms with Crippen LogP contribution in [0.15, 0.2) is 18.2 Å². The predicted molar refractivity (Wildman–Crippen MR) is 119 cm³/mol. The number of fused-ring (bicyclic) bond motifs is 2. The van der Waals surface area contributed by atoms with Crippen LogP contribution in [-0.2, 0) is 14.9 Å². The van der Waals surface area contributed by atoms with Gasteiger partial charge in [-0.2, -0.15) is 0 Å². The van der Waals surface area contributed by atoms with Crippen LogP contribution < -0.4 is 4.90 Å². The first-order valence-corrected chi connectivity index (χ1v) is 11.9. The molecule has 174 valence electrons. The number of hydrogen-bond donors (Lipinski definition) is 0. The first-order valence-electron chi connectivity index (χ1n) is 11.9. The van der Waals surface area contributed by atoms with Crippen LogP contribution in [0.5, 0.6) is 0 Å². The van der Waals surface area contributed by atoms with E-state index in [4.69, 9.17) is 4.74 Å². The van der Waals surface area contributed by atoms with Crippen molar-refractivity contribution < 1.29 is 18.7 Å². The summed E-state index contributed by atoms with van der Waals surface area (Å²) in [7, 11) is 0. The van der Waals surface area contributed by atoms with Crippen molar-refractivity contribution in [3.8, 4) is 0 Å². The molecule has 3 saturated heterocycles. The molecule has 3 amide bonds. The van der Waals surface area contributed by atoms with Crippen LogP contribution in [0.25, 0.3) is 0 Å². The average Bonchev–Trinajstić information content (AvgIpc) is 3.13. The number of rotatable bonds is 1. The molecule has 1 aromatic rings. The SMILES string of the molecule is CC(=O)N1CC2(CCN(C3CCN(C(=O)N4CCOCC4)CC3)CC2)c2cc(F)ccc21. The Labute approximate surface area is 189 Å². The molecule has 4 heterocycles. The highest BCUT2D eigenvalue weighted by Gasteiger charge is 2.46. The lowest BCUT2D eigenvalue weighted by molar-refractivity contribution is -0.116. The molecule has 0 bridgehead atoms. The summed E-state index contributed by atoms with van der Waals surface area (Å²) in [6.45, 7) is 8.38. The number of ether oxygens (including phenoxy) is 1. The van der Waals surface area contributed by atoms with Gasteiger partial charge >= 0.3 is 6.03 Å². The molecule has 0 N–H and O–H groups in total. The number of likely N-dealkylation sites (tertiary alicyclic amines) is 2. The number of urea groups is 1. The fraction of sp³-hybridized carbons (Fsp3) is 0.667. The van der Waals surface area contributed by atoms with E-state index in [2.05, 4.69) is 4.90 Å². The van der Waals surface area contributed by atoms with E-state index in [1.165, 1.54) is 6.07 Å². The van der Waals surface area contributed by atoms with Crippen LogP contribution in [0.3, 0.4) is 0 Å². The maximum atomic E-state index is 14.1. The van der Waals surface area contributed by atoms with Crippen molar-refractivity contribution in [2.45, 2.75) is 44.1 Å². The van der Waals surface area contributed by atoms with Gasteiger partial charge in [-0.15, -0.1) is 0 Å². The zero-order valence-electron chi connectivity index (χ0n) is 18.9. The monoisotopic (exact) mass is 444 g/mol. The molecular weight excluding hydrogens is 411 g/mol. The Bertz CT molecular complexity index is 872. The normalized spacial score (nSPS) is 24.1. The van der Waals surface area contributed by atoms with Gasteiger partial charge in [0.1, 0.15) is 5.82 Å².